The average molecular weight is 198 g/mol. The van der Waals surface area contributed by atoms with Gasteiger partial charge in [0.2, 0.25) is 0 Å². The highest BCUT2D eigenvalue weighted by molar-refractivity contribution is 6.34. The van der Waals surface area contributed by atoms with Crippen LogP contribution in [0.4, 0.5) is 5.69 Å². The van der Waals surface area contributed by atoms with Gasteiger partial charge in [0.25, 0.3) is 0 Å². The minimum Gasteiger partial charge on any atom is -0.492 e. The average Bonchev–Trinajstić information content (AvgIpc) is 2.49. The van der Waals surface area contributed by atoms with Crippen LogP contribution < -0.4 is 10.5 Å². The van der Waals surface area contributed by atoms with Crippen molar-refractivity contribution in [3.05, 3.63) is 23.5 Å². The highest BCUT2D eigenvalue weighted by atomic mass is 35.5. The number of hydrogen-bond acceptors (Lipinski definition) is 3. The van der Waals surface area contributed by atoms with E-state index in [0.717, 1.165) is 0 Å². The highest BCUT2D eigenvalue weighted by Crippen LogP contribution is 2.31. The molecule has 0 saturated carbocycles. The third-order valence-electron chi connectivity index (χ3n) is 1.83. The van der Waals surface area contributed by atoms with Crippen molar-refractivity contribution < 1.29 is 4.74 Å². The van der Waals surface area contributed by atoms with Crippen molar-refractivity contribution in [1.82, 2.24) is 9.61 Å². The lowest BCUT2D eigenvalue weighted by Crippen LogP contribution is -1.96. The predicted molar refractivity (Wildman–Crippen MR) is 51.2 cm³/mol. The first-order valence-corrected chi connectivity index (χ1v) is 4.07. The van der Waals surface area contributed by atoms with Gasteiger partial charge in [-0.15, -0.1) is 0 Å². The first-order valence-electron chi connectivity index (χ1n) is 3.69. The number of methoxy groups -OCH3 is 1. The lowest BCUT2D eigenvalue weighted by atomic mass is 10.3. The number of ether oxygens (including phenoxy) is 1. The Labute approximate surface area is 79.9 Å². The van der Waals surface area contributed by atoms with Crippen LogP contribution in [-0.4, -0.2) is 16.7 Å². The van der Waals surface area contributed by atoms with Gasteiger partial charge in [-0.2, -0.15) is 5.10 Å². The van der Waals surface area contributed by atoms with E-state index in [-0.39, 0.29) is 0 Å². The first kappa shape index (κ1) is 8.19. The summed E-state index contributed by atoms with van der Waals surface area (Å²) in [5, 5.41) is 4.55. The molecule has 2 N–H and O–H groups in total. The van der Waals surface area contributed by atoms with Crippen molar-refractivity contribution in [2.24, 2.45) is 0 Å². The van der Waals surface area contributed by atoms with Gasteiger partial charge in [0, 0.05) is 6.20 Å². The molecule has 13 heavy (non-hydrogen) atoms. The molecule has 0 unspecified atom stereocenters. The Balaban J connectivity index is 2.88. The fraction of sp³-hybridized carbons (Fsp3) is 0.125. The van der Waals surface area contributed by atoms with Gasteiger partial charge in [-0.3, -0.25) is 0 Å². The van der Waals surface area contributed by atoms with Gasteiger partial charge in [0.1, 0.15) is 5.52 Å². The molecule has 5 heteroatoms. The summed E-state index contributed by atoms with van der Waals surface area (Å²) < 4.78 is 6.75. The molecule has 2 rings (SSSR count). The molecule has 4 nitrogen and oxygen atoms in total. The van der Waals surface area contributed by atoms with E-state index in [1.165, 1.54) is 0 Å². The van der Waals surface area contributed by atoms with E-state index in [0.29, 0.717) is 22.0 Å². The van der Waals surface area contributed by atoms with Gasteiger partial charge >= 0.3 is 0 Å². The maximum Gasteiger partial charge on any atom is 0.169 e. The quantitative estimate of drug-likeness (QED) is 0.755. The van der Waals surface area contributed by atoms with Crippen LogP contribution in [0.1, 0.15) is 0 Å². The maximum atomic E-state index is 5.91. The summed E-state index contributed by atoms with van der Waals surface area (Å²) in [6, 6.07) is 1.72. The molecule has 68 valence electrons. The minimum atomic E-state index is 0.532. The van der Waals surface area contributed by atoms with Crippen molar-refractivity contribution in [3.8, 4) is 5.75 Å². The fourth-order valence-electron chi connectivity index (χ4n) is 1.24. The first-order chi connectivity index (χ1) is 6.24. The largest absolute Gasteiger partial charge is 0.492 e. The van der Waals surface area contributed by atoms with Gasteiger partial charge < -0.3 is 10.5 Å². The van der Waals surface area contributed by atoms with Gasteiger partial charge in [-0.1, -0.05) is 11.6 Å². The van der Waals surface area contributed by atoms with Crippen molar-refractivity contribution in [3.63, 3.8) is 0 Å². The molecule has 0 amide bonds. The number of anilines is 1. The van der Waals surface area contributed by atoms with Crippen LogP contribution in [0, 0.1) is 0 Å². The van der Waals surface area contributed by atoms with Crippen LogP contribution >= 0.6 is 11.6 Å². The Kier molecular flexibility index (Phi) is 1.77. The number of halogens is 1. The molecule has 0 radical (unpaired) electrons. The van der Waals surface area contributed by atoms with Crippen molar-refractivity contribution >= 4 is 22.8 Å². The Morgan fingerprint density at radius 1 is 1.62 bits per heavy atom. The van der Waals surface area contributed by atoms with Crippen molar-refractivity contribution in [1.29, 1.82) is 0 Å². The Hall–Kier alpha value is -1.42. The van der Waals surface area contributed by atoms with Crippen molar-refractivity contribution in [2.75, 3.05) is 12.8 Å². The Bertz CT molecular complexity index is 452. The van der Waals surface area contributed by atoms with E-state index in [1.54, 1.807) is 30.1 Å². The Morgan fingerprint density at radius 3 is 3.08 bits per heavy atom. The summed E-state index contributed by atoms with van der Waals surface area (Å²) in [7, 11) is 1.55. The van der Waals surface area contributed by atoms with E-state index in [1.807, 2.05) is 0 Å². The standard InChI is InChI=1S/C8H8ClN3O/c1-13-8-6(10)2-3-12-7(8)5(9)4-11-12/h2-4H,10H2,1H3. The van der Waals surface area contributed by atoms with E-state index in [9.17, 15) is 0 Å². The van der Waals surface area contributed by atoms with Gasteiger partial charge in [-0.25, -0.2) is 4.52 Å². The third kappa shape index (κ3) is 1.10. The molecule has 0 saturated heterocycles. The maximum absolute atomic E-state index is 5.91. The molecule has 2 heterocycles. The molecular formula is C8H8ClN3O. The van der Waals surface area contributed by atoms with E-state index in [4.69, 9.17) is 22.1 Å². The summed E-state index contributed by atoms with van der Waals surface area (Å²) >= 11 is 5.91. The monoisotopic (exact) mass is 197 g/mol. The molecule has 0 aliphatic carbocycles. The van der Waals surface area contributed by atoms with Gasteiger partial charge in [-0.05, 0) is 6.07 Å². The number of nitrogens with zero attached hydrogens (tertiary/aromatic N) is 2. The van der Waals surface area contributed by atoms with E-state index >= 15 is 0 Å². The molecule has 0 aliphatic heterocycles. The number of fused-ring (bicyclic) bond motifs is 1. The summed E-state index contributed by atoms with van der Waals surface area (Å²) in [6.07, 6.45) is 3.29. The third-order valence-corrected chi connectivity index (χ3v) is 2.10. The molecule has 0 atom stereocenters. The zero-order chi connectivity index (χ0) is 9.42. The van der Waals surface area contributed by atoms with Crippen LogP contribution in [0.25, 0.3) is 5.52 Å². The van der Waals surface area contributed by atoms with Crippen molar-refractivity contribution in [2.45, 2.75) is 0 Å². The molecule has 0 bridgehead atoms. The molecule has 2 aromatic rings. The van der Waals surface area contributed by atoms with Crippen LogP contribution in [0.2, 0.25) is 5.02 Å². The summed E-state index contributed by atoms with van der Waals surface area (Å²) in [6.45, 7) is 0. The molecule has 0 spiro atoms. The topological polar surface area (TPSA) is 52.5 Å². The fourth-order valence-corrected chi connectivity index (χ4v) is 1.46. The number of rotatable bonds is 1. The molecule has 0 aliphatic rings. The summed E-state index contributed by atoms with van der Waals surface area (Å²) in [4.78, 5) is 0. The van der Waals surface area contributed by atoms with Crippen LogP contribution in [0.15, 0.2) is 18.5 Å². The van der Waals surface area contributed by atoms with Gasteiger partial charge in [0.15, 0.2) is 5.75 Å². The second-order valence-corrected chi connectivity index (χ2v) is 3.00. The zero-order valence-electron chi connectivity index (χ0n) is 6.99. The summed E-state index contributed by atoms with van der Waals surface area (Å²) in [5.74, 6) is 0.560. The molecular weight excluding hydrogens is 190 g/mol. The smallest absolute Gasteiger partial charge is 0.169 e. The number of nitrogen functional groups attached to an aromatic ring is 1. The normalized spacial score (nSPS) is 10.6. The van der Waals surface area contributed by atoms with Crippen LogP contribution in [0.5, 0.6) is 5.75 Å². The minimum absolute atomic E-state index is 0.532. The number of aromatic nitrogens is 2. The number of pyridine rings is 1. The second kappa shape index (κ2) is 2.81. The molecule has 0 aromatic carbocycles. The lowest BCUT2D eigenvalue weighted by Gasteiger charge is -2.05. The highest BCUT2D eigenvalue weighted by Gasteiger charge is 2.10. The molecule has 2 aromatic heterocycles. The zero-order valence-corrected chi connectivity index (χ0v) is 7.75. The number of hydrogen-bond donors (Lipinski definition) is 1. The van der Waals surface area contributed by atoms with E-state index in [2.05, 4.69) is 5.10 Å². The van der Waals surface area contributed by atoms with E-state index < -0.39 is 0 Å². The Morgan fingerprint density at radius 2 is 2.38 bits per heavy atom. The van der Waals surface area contributed by atoms with Crippen LogP contribution in [0.3, 0.4) is 0 Å². The predicted octanol–water partition coefficient (Wildman–Crippen LogP) is 1.58. The van der Waals surface area contributed by atoms with Gasteiger partial charge in [0.05, 0.1) is 24.0 Å². The second-order valence-electron chi connectivity index (χ2n) is 2.59. The number of nitrogens with two attached hydrogens (primary N) is 1. The lowest BCUT2D eigenvalue weighted by molar-refractivity contribution is 0.419. The van der Waals surface area contributed by atoms with Crippen LogP contribution in [-0.2, 0) is 0 Å². The molecule has 0 fully saturated rings. The summed E-state index contributed by atoms with van der Waals surface area (Å²) in [5.41, 5.74) is 6.95. The SMILES string of the molecule is COc1c(N)ccn2ncc(Cl)c12.